The third-order valence-electron chi connectivity index (χ3n) is 5.38. The van der Waals surface area contributed by atoms with E-state index in [1.165, 1.54) is 53.2 Å². The topological polar surface area (TPSA) is 77.8 Å². The minimum Gasteiger partial charge on any atom is -0.284 e. The minimum atomic E-state index is -4.61. The first-order valence-electron chi connectivity index (χ1n) is 10.8. The smallest absolute Gasteiger partial charge is 0.284 e. The second-order valence-electron chi connectivity index (χ2n) is 7.86. The van der Waals surface area contributed by atoms with E-state index < -0.39 is 23.5 Å². The summed E-state index contributed by atoms with van der Waals surface area (Å²) in [6.45, 7) is 0. The zero-order valence-corrected chi connectivity index (χ0v) is 20.9. The van der Waals surface area contributed by atoms with Crippen LogP contribution < -0.4 is 0 Å². The molecule has 5 rings (SSSR count). The van der Waals surface area contributed by atoms with Crippen LogP contribution in [0.4, 0.5) is 26.3 Å². The minimum absolute atomic E-state index is 0.0200. The molecule has 3 aromatic carbocycles. The second kappa shape index (κ2) is 11.0. The Balaban J connectivity index is 0.000000298. The first-order chi connectivity index (χ1) is 18.5. The van der Waals surface area contributed by atoms with Gasteiger partial charge in [-0.25, -0.2) is 23.1 Å². The number of benzene rings is 3. The molecular weight excluding hydrogens is 588 g/mol. The van der Waals surface area contributed by atoms with E-state index in [4.69, 9.17) is 5.26 Å². The third kappa shape index (κ3) is 5.92. The van der Waals surface area contributed by atoms with Crippen molar-refractivity contribution in [3.05, 3.63) is 112 Å². The Morgan fingerprint density at radius 1 is 0.795 bits per heavy atom. The molecule has 12 heteroatoms. The van der Waals surface area contributed by atoms with Gasteiger partial charge in [-0.3, -0.25) is 4.40 Å². The summed E-state index contributed by atoms with van der Waals surface area (Å²) >= 11 is 3.04. The predicted molar refractivity (Wildman–Crippen MR) is 132 cm³/mol. The van der Waals surface area contributed by atoms with Gasteiger partial charge < -0.3 is 0 Å². The van der Waals surface area contributed by atoms with Crippen molar-refractivity contribution in [1.29, 1.82) is 10.5 Å². The molecule has 0 radical (unpaired) electrons. The SMILES string of the molecule is N#Cc1ccc(F)cc1-c1cc(-c2cnc3nc(C(F)(F)F)ccn23)ccc1F.N#Cc1ccc(F)cc1Br. The summed E-state index contributed by atoms with van der Waals surface area (Å²) in [6, 6.07) is 15.9. The molecule has 0 unspecified atom stereocenters. The third-order valence-corrected chi connectivity index (χ3v) is 6.03. The number of fused-ring (bicyclic) bond motifs is 1. The molecule has 0 saturated carbocycles. The molecule has 0 aliphatic heterocycles. The monoisotopic (exact) mass is 599 g/mol. The van der Waals surface area contributed by atoms with E-state index in [1.54, 1.807) is 0 Å². The van der Waals surface area contributed by atoms with E-state index in [9.17, 15) is 31.6 Å². The number of nitriles is 2. The molecule has 0 saturated heterocycles. The predicted octanol–water partition coefficient (Wildman–Crippen LogP) is 7.69. The van der Waals surface area contributed by atoms with Gasteiger partial charge in [0.1, 0.15) is 29.2 Å². The van der Waals surface area contributed by atoms with Crippen LogP contribution in [0.5, 0.6) is 0 Å². The molecule has 0 fully saturated rings. The molecule has 194 valence electrons. The molecule has 0 spiro atoms. The number of hydrogen-bond acceptors (Lipinski definition) is 4. The van der Waals surface area contributed by atoms with Gasteiger partial charge in [0, 0.05) is 27.4 Å². The van der Waals surface area contributed by atoms with Gasteiger partial charge in [-0.05, 0) is 76.6 Å². The molecular formula is C27H12BrF6N5. The highest BCUT2D eigenvalue weighted by Crippen LogP contribution is 2.33. The Morgan fingerprint density at radius 3 is 2.10 bits per heavy atom. The summed E-state index contributed by atoms with van der Waals surface area (Å²) in [4.78, 5) is 7.38. The summed E-state index contributed by atoms with van der Waals surface area (Å²) in [5.74, 6) is -1.83. The van der Waals surface area contributed by atoms with Crippen molar-refractivity contribution < 1.29 is 26.3 Å². The Bertz CT molecular complexity index is 1780. The summed E-state index contributed by atoms with van der Waals surface area (Å²) in [6.07, 6.45) is -2.14. The lowest BCUT2D eigenvalue weighted by Gasteiger charge is -2.10. The van der Waals surface area contributed by atoms with E-state index in [1.807, 2.05) is 12.1 Å². The molecule has 39 heavy (non-hydrogen) atoms. The molecule has 0 bridgehead atoms. The first-order valence-corrected chi connectivity index (χ1v) is 11.6. The van der Waals surface area contributed by atoms with Crippen molar-refractivity contribution in [2.75, 3.05) is 0 Å². The molecule has 5 nitrogen and oxygen atoms in total. The number of nitrogens with zero attached hydrogens (tertiary/aromatic N) is 5. The maximum atomic E-state index is 14.5. The van der Waals surface area contributed by atoms with Gasteiger partial charge in [0.05, 0.1) is 29.1 Å². The maximum Gasteiger partial charge on any atom is 0.433 e. The van der Waals surface area contributed by atoms with Gasteiger partial charge in [0.15, 0.2) is 0 Å². The van der Waals surface area contributed by atoms with Crippen LogP contribution in [-0.2, 0) is 6.18 Å². The lowest BCUT2D eigenvalue weighted by Crippen LogP contribution is -2.09. The Hall–Kier alpha value is -4.68. The van der Waals surface area contributed by atoms with E-state index in [0.717, 1.165) is 24.3 Å². The number of hydrogen-bond donors (Lipinski definition) is 0. The van der Waals surface area contributed by atoms with Crippen LogP contribution in [0.25, 0.3) is 28.2 Å². The van der Waals surface area contributed by atoms with Gasteiger partial charge in [-0.2, -0.15) is 23.7 Å². The van der Waals surface area contributed by atoms with Gasteiger partial charge in [-0.15, -0.1) is 0 Å². The van der Waals surface area contributed by atoms with Crippen molar-refractivity contribution >= 4 is 21.7 Å². The molecule has 0 atom stereocenters. The van der Waals surface area contributed by atoms with E-state index in [-0.39, 0.29) is 28.3 Å². The summed E-state index contributed by atoms with van der Waals surface area (Å²) in [7, 11) is 0. The number of alkyl halides is 3. The average molecular weight is 600 g/mol. The fourth-order valence-corrected chi connectivity index (χ4v) is 3.99. The van der Waals surface area contributed by atoms with Crippen LogP contribution >= 0.6 is 15.9 Å². The van der Waals surface area contributed by atoms with Crippen molar-refractivity contribution in [2.24, 2.45) is 0 Å². The van der Waals surface area contributed by atoms with Crippen molar-refractivity contribution in [2.45, 2.75) is 6.18 Å². The molecule has 2 heterocycles. The maximum absolute atomic E-state index is 14.5. The van der Waals surface area contributed by atoms with Crippen LogP contribution in [0.1, 0.15) is 16.8 Å². The van der Waals surface area contributed by atoms with Crippen LogP contribution in [0.15, 0.2) is 77.5 Å². The quantitative estimate of drug-likeness (QED) is 0.195. The van der Waals surface area contributed by atoms with Crippen molar-refractivity contribution in [3.63, 3.8) is 0 Å². The van der Waals surface area contributed by atoms with E-state index in [0.29, 0.717) is 21.3 Å². The summed E-state index contributed by atoms with van der Waals surface area (Å²) < 4.78 is 80.8. The Morgan fingerprint density at radius 2 is 1.46 bits per heavy atom. The van der Waals surface area contributed by atoms with Crippen LogP contribution in [0, 0.1) is 40.1 Å². The largest absolute Gasteiger partial charge is 0.433 e. The molecule has 0 N–H and O–H groups in total. The van der Waals surface area contributed by atoms with Crippen LogP contribution in [0.3, 0.4) is 0 Å². The van der Waals surface area contributed by atoms with Gasteiger partial charge in [-0.1, -0.05) is 0 Å². The highest BCUT2D eigenvalue weighted by atomic mass is 79.9. The van der Waals surface area contributed by atoms with Crippen molar-refractivity contribution in [1.82, 2.24) is 14.4 Å². The van der Waals surface area contributed by atoms with Gasteiger partial charge in [0.2, 0.25) is 5.78 Å². The standard InChI is InChI=1S/C20H9F5N4.C7H3BrFN/c21-13-3-1-12(9-26)14(8-13)15-7-11(2-4-16(15)22)17-10-27-19-28-18(20(23,24)25)5-6-29(17)19;8-7-3-6(9)2-1-5(7)4-10/h1-8,10H;1-3H. The lowest BCUT2D eigenvalue weighted by atomic mass is 9.97. The Kier molecular flexibility index (Phi) is 7.70. The Labute approximate surface area is 225 Å². The number of halogens is 7. The van der Waals surface area contributed by atoms with E-state index >= 15 is 0 Å². The first kappa shape index (κ1) is 27.4. The van der Waals surface area contributed by atoms with E-state index in [2.05, 4.69) is 25.9 Å². The van der Waals surface area contributed by atoms with Gasteiger partial charge >= 0.3 is 6.18 Å². The second-order valence-corrected chi connectivity index (χ2v) is 8.71. The van der Waals surface area contributed by atoms with Crippen LogP contribution in [0.2, 0.25) is 0 Å². The van der Waals surface area contributed by atoms with Gasteiger partial charge in [0.25, 0.3) is 0 Å². The fourth-order valence-electron chi connectivity index (χ4n) is 3.55. The lowest BCUT2D eigenvalue weighted by molar-refractivity contribution is -0.141. The molecule has 0 aliphatic carbocycles. The molecule has 0 aliphatic rings. The molecule has 0 amide bonds. The number of imidazole rings is 1. The van der Waals surface area contributed by atoms with Crippen molar-refractivity contribution in [3.8, 4) is 34.5 Å². The average Bonchev–Trinajstić information content (AvgIpc) is 3.32. The number of rotatable bonds is 2. The zero-order valence-electron chi connectivity index (χ0n) is 19.3. The highest BCUT2D eigenvalue weighted by molar-refractivity contribution is 9.10. The number of aromatic nitrogens is 3. The normalized spacial score (nSPS) is 10.9. The zero-order chi connectivity index (χ0) is 28.3. The highest BCUT2D eigenvalue weighted by Gasteiger charge is 2.33. The van der Waals surface area contributed by atoms with Crippen LogP contribution in [-0.4, -0.2) is 14.4 Å². The molecule has 2 aromatic heterocycles. The fraction of sp³-hybridized carbons (Fsp3) is 0.0370. The summed E-state index contributed by atoms with van der Waals surface area (Å²) in [5, 5.41) is 17.6. The molecule has 5 aromatic rings. The summed E-state index contributed by atoms with van der Waals surface area (Å²) in [5.41, 5.74) is 0.256.